The fourth-order valence-electron chi connectivity index (χ4n) is 1.75. The van der Waals surface area contributed by atoms with Gasteiger partial charge in [0, 0.05) is 12.7 Å². The molecule has 0 spiro atoms. The van der Waals surface area contributed by atoms with Gasteiger partial charge in [0.05, 0.1) is 14.2 Å². The normalized spacial score (nSPS) is 9.90. The SMILES string of the molecule is COC(=O)c1cccnc1NCc1ccc(OC)cc1. The Morgan fingerprint density at radius 3 is 2.60 bits per heavy atom. The van der Waals surface area contributed by atoms with Gasteiger partial charge in [0.25, 0.3) is 0 Å². The molecule has 104 valence electrons. The van der Waals surface area contributed by atoms with Crippen LogP contribution in [0.4, 0.5) is 5.82 Å². The minimum Gasteiger partial charge on any atom is -0.497 e. The van der Waals surface area contributed by atoms with Gasteiger partial charge < -0.3 is 14.8 Å². The molecule has 0 radical (unpaired) electrons. The molecule has 0 amide bonds. The lowest BCUT2D eigenvalue weighted by Crippen LogP contribution is -2.09. The molecule has 1 aromatic carbocycles. The average molecular weight is 272 g/mol. The zero-order valence-electron chi connectivity index (χ0n) is 11.4. The molecular formula is C15H16N2O3. The van der Waals surface area contributed by atoms with Gasteiger partial charge >= 0.3 is 5.97 Å². The molecule has 0 fully saturated rings. The molecule has 0 saturated carbocycles. The third-order valence-corrected chi connectivity index (χ3v) is 2.83. The molecule has 0 aliphatic carbocycles. The summed E-state index contributed by atoms with van der Waals surface area (Å²) in [4.78, 5) is 15.8. The largest absolute Gasteiger partial charge is 0.497 e. The highest BCUT2D eigenvalue weighted by Crippen LogP contribution is 2.15. The van der Waals surface area contributed by atoms with E-state index in [-0.39, 0.29) is 0 Å². The number of benzene rings is 1. The van der Waals surface area contributed by atoms with E-state index in [0.29, 0.717) is 17.9 Å². The molecule has 0 bridgehead atoms. The summed E-state index contributed by atoms with van der Waals surface area (Å²) in [6.07, 6.45) is 1.63. The van der Waals surface area contributed by atoms with Crippen molar-refractivity contribution in [3.8, 4) is 5.75 Å². The van der Waals surface area contributed by atoms with Crippen molar-refractivity contribution in [2.45, 2.75) is 6.54 Å². The Labute approximate surface area is 117 Å². The van der Waals surface area contributed by atoms with E-state index in [0.717, 1.165) is 11.3 Å². The number of esters is 1. The van der Waals surface area contributed by atoms with Crippen LogP contribution in [0.15, 0.2) is 42.6 Å². The molecule has 0 atom stereocenters. The first-order valence-corrected chi connectivity index (χ1v) is 6.14. The molecule has 1 heterocycles. The van der Waals surface area contributed by atoms with Gasteiger partial charge in [0.2, 0.25) is 0 Å². The van der Waals surface area contributed by atoms with E-state index in [1.54, 1.807) is 25.4 Å². The van der Waals surface area contributed by atoms with Crippen molar-refractivity contribution in [2.24, 2.45) is 0 Å². The maximum Gasteiger partial charge on any atom is 0.341 e. The molecule has 1 aromatic heterocycles. The molecule has 0 saturated heterocycles. The first-order valence-electron chi connectivity index (χ1n) is 6.14. The highest BCUT2D eigenvalue weighted by Gasteiger charge is 2.11. The first kappa shape index (κ1) is 13.9. The van der Waals surface area contributed by atoms with Gasteiger partial charge in [-0.1, -0.05) is 12.1 Å². The number of nitrogens with zero attached hydrogens (tertiary/aromatic N) is 1. The Bertz CT molecular complexity index is 582. The summed E-state index contributed by atoms with van der Waals surface area (Å²) in [5.74, 6) is 0.910. The van der Waals surface area contributed by atoms with Crippen LogP contribution in [-0.2, 0) is 11.3 Å². The predicted molar refractivity (Wildman–Crippen MR) is 75.9 cm³/mol. The lowest BCUT2D eigenvalue weighted by molar-refractivity contribution is 0.0601. The summed E-state index contributed by atoms with van der Waals surface area (Å²) in [5.41, 5.74) is 1.48. The van der Waals surface area contributed by atoms with Crippen LogP contribution in [0.5, 0.6) is 5.75 Å². The van der Waals surface area contributed by atoms with E-state index < -0.39 is 5.97 Å². The van der Waals surface area contributed by atoms with Crippen LogP contribution in [0.25, 0.3) is 0 Å². The third kappa shape index (κ3) is 3.26. The Morgan fingerprint density at radius 1 is 1.20 bits per heavy atom. The summed E-state index contributed by atoms with van der Waals surface area (Å²) >= 11 is 0. The van der Waals surface area contributed by atoms with Crippen molar-refractivity contribution in [3.05, 3.63) is 53.7 Å². The lowest BCUT2D eigenvalue weighted by Gasteiger charge is -2.09. The number of methoxy groups -OCH3 is 2. The number of carbonyl (C=O) groups is 1. The quantitative estimate of drug-likeness (QED) is 0.847. The smallest absolute Gasteiger partial charge is 0.341 e. The number of hydrogen-bond acceptors (Lipinski definition) is 5. The first-order chi connectivity index (χ1) is 9.74. The Balaban J connectivity index is 2.08. The maximum atomic E-state index is 11.6. The van der Waals surface area contributed by atoms with Crippen LogP contribution >= 0.6 is 0 Å². The summed E-state index contributed by atoms with van der Waals surface area (Å²) in [6, 6.07) is 11.0. The summed E-state index contributed by atoms with van der Waals surface area (Å²) < 4.78 is 9.83. The topological polar surface area (TPSA) is 60.5 Å². The number of pyridine rings is 1. The van der Waals surface area contributed by atoms with Crippen LogP contribution in [0.1, 0.15) is 15.9 Å². The molecule has 0 aliphatic rings. The number of ether oxygens (including phenoxy) is 2. The van der Waals surface area contributed by atoms with Gasteiger partial charge in [0.1, 0.15) is 17.1 Å². The van der Waals surface area contributed by atoms with Gasteiger partial charge in [-0.2, -0.15) is 0 Å². The molecule has 0 unspecified atom stereocenters. The van der Waals surface area contributed by atoms with Crippen molar-refractivity contribution < 1.29 is 14.3 Å². The van der Waals surface area contributed by atoms with Crippen LogP contribution in [0, 0.1) is 0 Å². The number of rotatable bonds is 5. The van der Waals surface area contributed by atoms with Gasteiger partial charge in [-0.05, 0) is 29.8 Å². The molecule has 2 rings (SSSR count). The minimum atomic E-state index is -0.407. The average Bonchev–Trinajstić information content (AvgIpc) is 2.53. The van der Waals surface area contributed by atoms with E-state index in [4.69, 9.17) is 9.47 Å². The number of aromatic nitrogens is 1. The van der Waals surface area contributed by atoms with Crippen molar-refractivity contribution in [2.75, 3.05) is 19.5 Å². The van der Waals surface area contributed by atoms with Crippen LogP contribution in [0.2, 0.25) is 0 Å². The Hall–Kier alpha value is -2.56. The van der Waals surface area contributed by atoms with Crippen LogP contribution in [-0.4, -0.2) is 25.2 Å². The standard InChI is InChI=1S/C15H16N2O3/c1-19-12-7-5-11(6-8-12)10-17-14-13(15(18)20-2)4-3-9-16-14/h3-9H,10H2,1-2H3,(H,16,17). The van der Waals surface area contributed by atoms with Crippen molar-refractivity contribution >= 4 is 11.8 Å². The van der Waals surface area contributed by atoms with E-state index in [2.05, 4.69) is 10.3 Å². The van der Waals surface area contributed by atoms with E-state index >= 15 is 0 Å². The Morgan fingerprint density at radius 2 is 1.95 bits per heavy atom. The molecule has 0 aliphatic heterocycles. The second-order valence-corrected chi connectivity index (χ2v) is 4.09. The molecule has 2 aromatic rings. The van der Waals surface area contributed by atoms with Crippen LogP contribution < -0.4 is 10.1 Å². The van der Waals surface area contributed by atoms with Gasteiger partial charge in [-0.3, -0.25) is 0 Å². The number of anilines is 1. The van der Waals surface area contributed by atoms with E-state index in [9.17, 15) is 4.79 Å². The lowest BCUT2D eigenvalue weighted by atomic mass is 10.2. The monoisotopic (exact) mass is 272 g/mol. The van der Waals surface area contributed by atoms with Gasteiger partial charge in [0.15, 0.2) is 0 Å². The Kier molecular flexibility index (Phi) is 4.55. The van der Waals surface area contributed by atoms with Crippen molar-refractivity contribution in [1.29, 1.82) is 0 Å². The molecule has 20 heavy (non-hydrogen) atoms. The predicted octanol–water partition coefficient (Wildman–Crippen LogP) is 2.49. The molecular weight excluding hydrogens is 256 g/mol. The summed E-state index contributed by atoms with van der Waals surface area (Å²) in [7, 11) is 2.98. The van der Waals surface area contributed by atoms with Gasteiger partial charge in [-0.15, -0.1) is 0 Å². The summed E-state index contributed by atoms with van der Waals surface area (Å²) in [5, 5.41) is 3.13. The molecule has 5 heteroatoms. The molecule has 1 N–H and O–H groups in total. The van der Waals surface area contributed by atoms with E-state index in [1.807, 2.05) is 24.3 Å². The number of nitrogens with one attached hydrogen (secondary N) is 1. The second kappa shape index (κ2) is 6.56. The van der Waals surface area contributed by atoms with E-state index in [1.165, 1.54) is 7.11 Å². The fourth-order valence-corrected chi connectivity index (χ4v) is 1.75. The van der Waals surface area contributed by atoms with Crippen molar-refractivity contribution in [1.82, 2.24) is 4.98 Å². The summed E-state index contributed by atoms with van der Waals surface area (Å²) in [6.45, 7) is 0.561. The van der Waals surface area contributed by atoms with Crippen molar-refractivity contribution in [3.63, 3.8) is 0 Å². The zero-order chi connectivity index (χ0) is 14.4. The third-order valence-electron chi connectivity index (χ3n) is 2.83. The second-order valence-electron chi connectivity index (χ2n) is 4.09. The van der Waals surface area contributed by atoms with Crippen LogP contribution in [0.3, 0.4) is 0 Å². The number of carbonyl (C=O) groups excluding carboxylic acids is 1. The molecule has 5 nitrogen and oxygen atoms in total. The number of hydrogen-bond donors (Lipinski definition) is 1. The zero-order valence-corrected chi connectivity index (χ0v) is 11.4. The minimum absolute atomic E-state index is 0.407. The van der Waals surface area contributed by atoms with Gasteiger partial charge in [-0.25, -0.2) is 9.78 Å². The fraction of sp³-hybridized carbons (Fsp3) is 0.200. The highest BCUT2D eigenvalue weighted by molar-refractivity contribution is 5.94. The maximum absolute atomic E-state index is 11.6. The highest BCUT2D eigenvalue weighted by atomic mass is 16.5.